The molecule has 0 fully saturated rings. The highest BCUT2D eigenvalue weighted by molar-refractivity contribution is 5.77. The number of nitrogens with two attached hydrogens (primary N) is 1. The lowest BCUT2D eigenvalue weighted by atomic mass is 9.85. The van der Waals surface area contributed by atoms with Crippen LogP contribution < -0.4 is 5.73 Å². The zero-order chi connectivity index (χ0) is 14.0. The molecule has 0 aliphatic rings. The van der Waals surface area contributed by atoms with Crippen molar-refractivity contribution < 1.29 is 9.90 Å². The normalized spacial score (nSPS) is 19.8. The zero-order valence-electron chi connectivity index (χ0n) is 12.2. The molecule has 0 spiro atoms. The van der Waals surface area contributed by atoms with Crippen LogP contribution in [0.25, 0.3) is 0 Å². The van der Waals surface area contributed by atoms with Crippen molar-refractivity contribution in [2.24, 2.45) is 11.1 Å². The molecule has 0 aliphatic carbocycles. The maximum atomic E-state index is 11.0. The van der Waals surface area contributed by atoms with E-state index in [0.29, 0.717) is 12.5 Å². The van der Waals surface area contributed by atoms with E-state index in [1.54, 1.807) is 6.92 Å². The molecule has 0 aromatic rings. The molecule has 0 amide bonds. The van der Waals surface area contributed by atoms with E-state index >= 15 is 0 Å². The average Bonchev–Trinajstić information content (AvgIpc) is 2.12. The quantitative estimate of drug-likeness (QED) is 0.775. The molecule has 3 N–H and O–H groups in total. The van der Waals surface area contributed by atoms with Gasteiger partial charge in [-0.15, -0.1) is 0 Å². The highest BCUT2D eigenvalue weighted by atomic mass is 16.4. The van der Waals surface area contributed by atoms with Crippen LogP contribution in [0.15, 0.2) is 0 Å². The molecule has 17 heavy (non-hydrogen) atoms. The van der Waals surface area contributed by atoms with Gasteiger partial charge in [-0.05, 0) is 39.7 Å². The van der Waals surface area contributed by atoms with E-state index in [2.05, 4.69) is 32.6 Å². The Hall–Kier alpha value is -0.610. The Balaban J connectivity index is 4.63. The van der Waals surface area contributed by atoms with Crippen LogP contribution in [0.5, 0.6) is 0 Å². The summed E-state index contributed by atoms with van der Waals surface area (Å²) in [6.45, 7) is 12.3. The van der Waals surface area contributed by atoms with E-state index in [1.165, 1.54) is 0 Å². The number of rotatable bonds is 5. The van der Waals surface area contributed by atoms with Crippen molar-refractivity contribution in [2.45, 2.75) is 65.6 Å². The van der Waals surface area contributed by atoms with E-state index in [4.69, 9.17) is 10.8 Å². The monoisotopic (exact) mass is 244 g/mol. The van der Waals surface area contributed by atoms with Crippen LogP contribution in [0.3, 0.4) is 0 Å². The van der Waals surface area contributed by atoms with Crippen molar-refractivity contribution in [3.8, 4) is 0 Å². The van der Waals surface area contributed by atoms with Gasteiger partial charge in [0.1, 0.15) is 5.54 Å². The zero-order valence-corrected chi connectivity index (χ0v) is 12.2. The fourth-order valence-corrected chi connectivity index (χ4v) is 1.84. The van der Waals surface area contributed by atoms with Crippen molar-refractivity contribution in [3.63, 3.8) is 0 Å². The second-order valence-corrected chi connectivity index (χ2v) is 6.48. The predicted molar refractivity (Wildman–Crippen MR) is 71.0 cm³/mol. The summed E-state index contributed by atoms with van der Waals surface area (Å²) in [6.07, 6.45) is 0.444. The van der Waals surface area contributed by atoms with Gasteiger partial charge in [-0.25, -0.2) is 0 Å². The largest absolute Gasteiger partial charge is 0.480 e. The molecule has 3 unspecified atom stereocenters. The van der Waals surface area contributed by atoms with Gasteiger partial charge in [0.05, 0.1) is 0 Å². The first-order valence-corrected chi connectivity index (χ1v) is 6.14. The summed E-state index contributed by atoms with van der Waals surface area (Å²) in [4.78, 5) is 13.2. The molecular weight excluding hydrogens is 216 g/mol. The number of hydrogen-bond acceptors (Lipinski definition) is 3. The van der Waals surface area contributed by atoms with Gasteiger partial charge in [0, 0.05) is 12.1 Å². The lowest BCUT2D eigenvalue weighted by Crippen LogP contribution is -2.52. The van der Waals surface area contributed by atoms with Gasteiger partial charge in [-0.1, -0.05) is 20.8 Å². The summed E-state index contributed by atoms with van der Waals surface area (Å²) < 4.78 is 0. The maximum absolute atomic E-state index is 11.0. The summed E-state index contributed by atoms with van der Waals surface area (Å²) in [5.74, 6) is -0.943. The third-order valence-electron chi connectivity index (χ3n) is 3.77. The average molecular weight is 244 g/mol. The fourth-order valence-electron chi connectivity index (χ4n) is 1.84. The van der Waals surface area contributed by atoms with Crippen molar-refractivity contribution in [3.05, 3.63) is 0 Å². The Labute approximate surface area is 105 Å². The molecule has 0 rings (SSSR count). The van der Waals surface area contributed by atoms with Crippen LogP contribution in [0.4, 0.5) is 0 Å². The molecule has 0 aliphatic heterocycles. The lowest BCUT2D eigenvalue weighted by molar-refractivity contribution is -0.143. The molecule has 4 nitrogen and oxygen atoms in total. The van der Waals surface area contributed by atoms with Gasteiger partial charge in [-0.3, -0.25) is 4.79 Å². The maximum Gasteiger partial charge on any atom is 0.323 e. The number of hydrogen-bond donors (Lipinski definition) is 2. The van der Waals surface area contributed by atoms with Gasteiger partial charge < -0.3 is 15.7 Å². The van der Waals surface area contributed by atoms with Crippen LogP contribution in [-0.2, 0) is 4.79 Å². The van der Waals surface area contributed by atoms with E-state index in [-0.39, 0.29) is 11.5 Å². The number of carboxylic acids is 1. The molecule has 0 bridgehead atoms. The van der Waals surface area contributed by atoms with Crippen molar-refractivity contribution >= 4 is 5.97 Å². The minimum Gasteiger partial charge on any atom is -0.480 e. The Morgan fingerprint density at radius 1 is 1.29 bits per heavy atom. The third-order valence-corrected chi connectivity index (χ3v) is 3.77. The number of aliphatic carboxylic acids is 1. The van der Waals surface area contributed by atoms with E-state index < -0.39 is 11.5 Å². The standard InChI is InChI=1S/C13H28N2O2/c1-9(8-13(6,14)11(16)17)15(7)10(2)12(3,4)5/h9-10H,8,14H2,1-7H3,(H,16,17). The minimum atomic E-state index is -1.16. The van der Waals surface area contributed by atoms with E-state index in [9.17, 15) is 4.79 Å². The Bertz CT molecular complexity index is 269. The molecule has 0 radical (unpaired) electrons. The predicted octanol–water partition coefficient (Wildman–Crippen LogP) is 1.93. The smallest absolute Gasteiger partial charge is 0.323 e. The van der Waals surface area contributed by atoms with Gasteiger partial charge >= 0.3 is 5.97 Å². The second-order valence-electron chi connectivity index (χ2n) is 6.48. The second kappa shape index (κ2) is 5.36. The van der Waals surface area contributed by atoms with Crippen molar-refractivity contribution in [1.82, 2.24) is 4.90 Å². The van der Waals surface area contributed by atoms with Gasteiger partial charge in [0.2, 0.25) is 0 Å². The molecule has 0 saturated carbocycles. The minimum absolute atomic E-state index is 0.135. The fraction of sp³-hybridized carbons (Fsp3) is 0.923. The Kier molecular flexibility index (Phi) is 5.16. The summed E-state index contributed by atoms with van der Waals surface area (Å²) in [6, 6.07) is 0.498. The first kappa shape index (κ1) is 16.4. The Morgan fingerprint density at radius 2 is 1.71 bits per heavy atom. The SMILES string of the molecule is CC(CC(C)(N)C(=O)O)N(C)C(C)C(C)(C)C. The third kappa shape index (κ3) is 4.64. The molecule has 4 heteroatoms. The highest BCUT2D eigenvalue weighted by Crippen LogP contribution is 2.26. The molecule has 0 aromatic carbocycles. The molecular formula is C13H28N2O2. The topological polar surface area (TPSA) is 66.6 Å². The van der Waals surface area contributed by atoms with Crippen LogP contribution in [0.1, 0.15) is 48.0 Å². The van der Waals surface area contributed by atoms with Crippen LogP contribution >= 0.6 is 0 Å². The van der Waals surface area contributed by atoms with Gasteiger partial charge in [-0.2, -0.15) is 0 Å². The van der Waals surface area contributed by atoms with Crippen LogP contribution in [0, 0.1) is 5.41 Å². The number of nitrogens with zero attached hydrogens (tertiary/aromatic N) is 1. The molecule has 102 valence electrons. The van der Waals surface area contributed by atoms with Gasteiger partial charge in [0.15, 0.2) is 0 Å². The van der Waals surface area contributed by atoms with Gasteiger partial charge in [0.25, 0.3) is 0 Å². The highest BCUT2D eigenvalue weighted by Gasteiger charge is 2.34. The summed E-state index contributed by atoms with van der Waals surface area (Å²) in [5.41, 5.74) is 4.78. The summed E-state index contributed by atoms with van der Waals surface area (Å²) in [5, 5.41) is 9.03. The van der Waals surface area contributed by atoms with Crippen molar-refractivity contribution in [1.29, 1.82) is 0 Å². The van der Waals surface area contributed by atoms with Crippen molar-refractivity contribution in [2.75, 3.05) is 7.05 Å². The van der Waals surface area contributed by atoms with Crippen LogP contribution in [-0.4, -0.2) is 40.6 Å². The molecule has 0 saturated heterocycles. The molecule has 3 atom stereocenters. The molecule has 0 aromatic heterocycles. The lowest BCUT2D eigenvalue weighted by Gasteiger charge is -2.40. The van der Waals surface area contributed by atoms with E-state index in [1.807, 2.05) is 14.0 Å². The number of carboxylic acid groups (broad SMARTS) is 1. The summed E-state index contributed by atoms with van der Waals surface area (Å²) >= 11 is 0. The van der Waals surface area contributed by atoms with Crippen LogP contribution in [0.2, 0.25) is 0 Å². The first-order chi connectivity index (χ1) is 7.39. The van der Waals surface area contributed by atoms with E-state index in [0.717, 1.165) is 0 Å². The first-order valence-electron chi connectivity index (χ1n) is 6.14. The molecule has 0 heterocycles. The Morgan fingerprint density at radius 3 is 2.00 bits per heavy atom. The number of carbonyl (C=O) groups is 1. The summed E-state index contributed by atoms with van der Waals surface area (Å²) in [7, 11) is 2.03.